The highest BCUT2D eigenvalue weighted by molar-refractivity contribution is 5.25. The van der Waals surface area contributed by atoms with E-state index in [1.54, 1.807) is 5.56 Å². The van der Waals surface area contributed by atoms with Crippen LogP contribution < -0.4 is 0 Å². The van der Waals surface area contributed by atoms with E-state index < -0.39 is 0 Å². The summed E-state index contributed by atoms with van der Waals surface area (Å²) in [6.07, 6.45) is 31.9. The van der Waals surface area contributed by atoms with Crippen LogP contribution in [0.2, 0.25) is 0 Å². The van der Waals surface area contributed by atoms with E-state index in [-0.39, 0.29) is 0 Å². The topological polar surface area (TPSA) is 0 Å². The Bertz CT molecular complexity index is 461. The largest absolute Gasteiger partial charge is 0.0654 e. The monoisotopic (exact) mass is 414 g/mol. The van der Waals surface area contributed by atoms with Gasteiger partial charge >= 0.3 is 0 Å². The third kappa shape index (κ3) is 17.0. The van der Waals surface area contributed by atoms with Crippen LogP contribution in [-0.4, -0.2) is 0 Å². The van der Waals surface area contributed by atoms with Gasteiger partial charge in [-0.25, -0.2) is 0 Å². The van der Waals surface area contributed by atoms with Crippen molar-refractivity contribution >= 4 is 0 Å². The van der Waals surface area contributed by atoms with Crippen LogP contribution in [0.5, 0.6) is 0 Å². The first-order valence-electron chi connectivity index (χ1n) is 13.9. The average molecular weight is 415 g/mol. The molecule has 0 aliphatic rings. The molecule has 0 spiro atoms. The Morgan fingerprint density at radius 1 is 0.433 bits per heavy atom. The normalized spacial score (nSPS) is 11.3. The minimum Gasteiger partial charge on any atom is -0.0654 e. The van der Waals surface area contributed by atoms with Crippen molar-refractivity contribution in [1.29, 1.82) is 0 Å². The Balaban J connectivity index is 1.70. The maximum Gasteiger partial charge on any atom is -0.0276 e. The van der Waals surface area contributed by atoms with Gasteiger partial charge in [0.15, 0.2) is 0 Å². The summed E-state index contributed by atoms with van der Waals surface area (Å²) in [4.78, 5) is 0. The number of hydrogen-bond donors (Lipinski definition) is 0. The molecule has 30 heavy (non-hydrogen) atoms. The first-order valence-corrected chi connectivity index (χ1v) is 13.9. The third-order valence-electron chi connectivity index (χ3n) is 6.81. The van der Waals surface area contributed by atoms with Crippen LogP contribution in [0, 0.1) is 6.92 Å². The van der Waals surface area contributed by atoms with E-state index in [4.69, 9.17) is 0 Å². The van der Waals surface area contributed by atoms with Crippen molar-refractivity contribution < 1.29 is 0 Å². The van der Waals surface area contributed by atoms with Gasteiger partial charge in [0.25, 0.3) is 0 Å². The lowest BCUT2D eigenvalue weighted by Crippen LogP contribution is -1.89. The number of rotatable bonds is 22. The van der Waals surface area contributed by atoms with Crippen LogP contribution in [-0.2, 0) is 6.42 Å². The predicted octanol–water partition coefficient (Wildman–Crippen LogP) is 10.7. The SMILES string of the molecule is CCCCCCCCCCCCCCCCCCCCCCCc1ccccc1C. The van der Waals surface area contributed by atoms with Gasteiger partial charge in [0.1, 0.15) is 0 Å². The predicted molar refractivity (Wildman–Crippen MR) is 138 cm³/mol. The lowest BCUT2D eigenvalue weighted by Gasteiger charge is -2.06. The fourth-order valence-electron chi connectivity index (χ4n) is 4.64. The van der Waals surface area contributed by atoms with E-state index in [0.29, 0.717) is 0 Å². The molecule has 0 aliphatic heterocycles. The zero-order valence-corrected chi connectivity index (χ0v) is 20.9. The van der Waals surface area contributed by atoms with Gasteiger partial charge in [0.2, 0.25) is 0 Å². The summed E-state index contributed by atoms with van der Waals surface area (Å²) in [6, 6.07) is 8.87. The van der Waals surface area contributed by atoms with Gasteiger partial charge in [-0.15, -0.1) is 0 Å². The molecule has 0 bridgehead atoms. The first kappa shape index (κ1) is 27.3. The molecule has 0 heterocycles. The highest BCUT2D eigenvalue weighted by Gasteiger charge is 1.98. The number of aryl methyl sites for hydroxylation is 2. The van der Waals surface area contributed by atoms with Crippen LogP contribution >= 0.6 is 0 Å². The summed E-state index contributed by atoms with van der Waals surface area (Å²) >= 11 is 0. The second-order valence-corrected chi connectivity index (χ2v) is 9.75. The molecular formula is C30H54. The molecule has 0 nitrogen and oxygen atoms in total. The van der Waals surface area contributed by atoms with E-state index >= 15 is 0 Å². The fourth-order valence-corrected chi connectivity index (χ4v) is 4.64. The van der Waals surface area contributed by atoms with E-state index in [9.17, 15) is 0 Å². The minimum absolute atomic E-state index is 1.27. The molecule has 0 unspecified atom stereocenters. The van der Waals surface area contributed by atoms with E-state index in [1.807, 2.05) is 0 Å². The van der Waals surface area contributed by atoms with Crippen molar-refractivity contribution in [3.8, 4) is 0 Å². The van der Waals surface area contributed by atoms with Gasteiger partial charge in [-0.1, -0.05) is 160 Å². The number of hydrogen-bond acceptors (Lipinski definition) is 0. The summed E-state index contributed by atoms with van der Waals surface area (Å²) in [7, 11) is 0. The highest BCUT2D eigenvalue weighted by atomic mass is 14.0. The molecule has 0 atom stereocenters. The lowest BCUT2D eigenvalue weighted by molar-refractivity contribution is 0.520. The van der Waals surface area contributed by atoms with Crippen molar-refractivity contribution in [2.24, 2.45) is 0 Å². The van der Waals surface area contributed by atoms with Gasteiger partial charge < -0.3 is 0 Å². The van der Waals surface area contributed by atoms with Gasteiger partial charge in [-0.2, -0.15) is 0 Å². The minimum atomic E-state index is 1.27. The van der Waals surface area contributed by atoms with Crippen LogP contribution in [0.15, 0.2) is 24.3 Å². The first-order chi connectivity index (χ1) is 14.8. The maximum absolute atomic E-state index is 2.30. The molecule has 0 saturated heterocycles. The van der Waals surface area contributed by atoms with Crippen molar-refractivity contribution in [3.63, 3.8) is 0 Å². The van der Waals surface area contributed by atoms with Crippen molar-refractivity contribution in [2.45, 2.75) is 155 Å². The van der Waals surface area contributed by atoms with Gasteiger partial charge in [0, 0.05) is 0 Å². The molecule has 0 aromatic heterocycles. The molecule has 1 rings (SSSR count). The summed E-state index contributed by atoms with van der Waals surface area (Å²) in [5.41, 5.74) is 3.01. The fraction of sp³-hybridized carbons (Fsp3) is 0.800. The molecule has 0 heteroatoms. The van der Waals surface area contributed by atoms with Crippen molar-refractivity contribution in [3.05, 3.63) is 35.4 Å². The lowest BCUT2D eigenvalue weighted by atomic mass is 10.0. The zero-order chi connectivity index (χ0) is 21.5. The van der Waals surface area contributed by atoms with E-state index in [2.05, 4.69) is 38.1 Å². The smallest absolute Gasteiger partial charge is 0.0276 e. The Labute approximate surface area is 190 Å². The van der Waals surface area contributed by atoms with Crippen LogP contribution in [0.4, 0.5) is 0 Å². The van der Waals surface area contributed by atoms with E-state index in [0.717, 1.165) is 0 Å². The molecule has 0 radical (unpaired) electrons. The molecule has 0 amide bonds. The second kappa shape index (κ2) is 21.5. The van der Waals surface area contributed by atoms with Crippen molar-refractivity contribution in [2.75, 3.05) is 0 Å². The molecule has 0 aliphatic carbocycles. The summed E-state index contributed by atoms with van der Waals surface area (Å²) in [5.74, 6) is 0. The molecule has 0 N–H and O–H groups in total. The third-order valence-corrected chi connectivity index (χ3v) is 6.81. The standard InChI is InChI=1S/C30H54/c1-3-4-5-6-7-8-9-10-11-12-13-14-15-16-17-18-19-20-21-22-23-27-30-28-25-24-26-29(30)2/h24-26,28H,3-23,27H2,1-2H3. The van der Waals surface area contributed by atoms with Gasteiger partial charge in [0.05, 0.1) is 0 Å². The molecule has 0 fully saturated rings. The maximum atomic E-state index is 2.30. The average Bonchev–Trinajstić information content (AvgIpc) is 2.76. The van der Waals surface area contributed by atoms with Gasteiger partial charge in [-0.3, -0.25) is 0 Å². The number of unbranched alkanes of at least 4 members (excludes halogenated alkanes) is 20. The van der Waals surface area contributed by atoms with E-state index in [1.165, 1.54) is 147 Å². The Kier molecular flexibility index (Phi) is 19.5. The highest BCUT2D eigenvalue weighted by Crippen LogP contribution is 2.16. The molecule has 1 aromatic carbocycles. The Hall–Kier alpha value is -0.780. The Morgan fingerprint density at radius 2 is 0.767 bits per heavy atom. The molecule has 0 saturated carbocycles. The summed E-state index contributed by atoms with van der Waals surface area (Å²) in [5, 5.41) is 0. The van der Waals surface area contributed by atoms with Gasteiger partial charge in [-0.05, 0) is 30.9 Å². The Morgan fingerprint density at radius 3 is 1.13 bits per heavy atom. The number of benzene rings is 1. The second-order valence-electron chi connectivity index (χ2n) is 9.75. The molecule has 1 aromatic rings. The zero-order valence-electron chi connectivity index (χ0n) is 20.9. The molecular weight excluding hydrogens is 360 g/mol. The van der Waals surface area contributed by atoms with Crippen LogP contribution in [0.3, 0.4) is 0 Å². The van der Waals surface area contributed by atoms with Crippen LogP contribution in [0.25, 0.3) is 0 Å². The quantitative estimate of drug-likeness (QED) is 0.165. The van der Waals surface area contributed by atoms with Crippen LogP contribution in [0.1, 0.15) is 153 Å². The van der Waals surface area contributed by atoms with Crippen molar-refractivity contribution in [1.82, 2.24) is 0 Å². The summed E-state index contributed by atoms with van der Waals surface area (Å²) in [6.45, 7) is 4.54. The summed E-state index contributed by atoms with van der Waals surface area (Å²) < 4.78 is 0. The molecule has 174 valence electrons.